The maximum Gasteiger partial charge on any atom is 0.326 e. The van der Waals surface area contributed by atoms with Crippen LogP contribution in [-0.4, -0.2) is 29.1 Å². The average Bonchev–Trinajstić information content (AvgIpc) is 2.10. The number of carboxylic acids is 1. The van der Waals surface area contributed by atoms with Gasteiger partial charge in [0.25, 0.3) is 0 Å². The summed E-state index contributed by atoms with van der Waals surface area (Å²) < 4.78 is 12.8. The zero-order valence-corrected chi connectivity index (χ0v) is 11.5. The molecule has 0 aliphatic heterocycles. The third-order valence-electron chi connectivity index (χ3n) is 2.06. The summed E-state index contributed by atoms with van der Waals surface area (Å²) >= 11 is 0. The summed E-state index contributed by atoms with van der Waals surface area (Å²) in [6, 6.07) is 0. The van der Waals surface area contributed by atoms with Crippen molar-refractivity contribution >= 4 is 13.1 Å². The van der Waals surface area contributed by atoms with Gasteiger partial charge in [-0.05, 0) is 20.8 Å². The monoisotopic (exact) mass is 254 g/mol. The largest absolute Gasteiger partial charge is 0.480 e. The molecule has 17 heavy (non-hydrogen) atoms. The molecule has 4 heteroatoms. The molecule has 94 valence electrons. The van der Waals surface area contributed by atoms with Gasteiger partial charge in [0.05, 0.1) is 0 Å². The molecule has 1 atom stereocenters. The Balaban J connectivity index is 5.45. The van der Waals surface area contributed by atoms with Crippen molar-refractivity contribution in [1.29, 1.82) is 0 Å². The highest BCUT2D eigenvalue weighted by atomic mass is 31.2. The predicted octanol–water partition coefficient (Wildman–Crippen LogP) is 2.98. The Hall–Kier alpha value is -1.26. The first-order chi connectivity index (χ1) is 7.73. The van der Waals surface area contributed by atoms with Crippen LogP contribution in [0.1, 0.15) is 20.8 Å². The Labute approximate surface area is 103 Å². The first kappa shape index (κ1) is 15.7. The van der Waals surface area contributed by atoms with E-state index in [1.807, 2.05) is 0 Å². The van der Waals surface area contributed by atoms with Gasteiger partial charge in [-0.15, -0.1) is 5.92 Å². The Morgan fingerprint density at radius 1 is 1.29 bits per heavy atom. The fraction of sp³-hybridized carbons (Fsp3) is 0.462. The summed E-state index contributed by atoms with van der Waals surface area (Å²) in [4.78, 5) is 11.2. The van der Waals surface area contributed by atoms with Crippen molar-refractivity contribution in [1.82, 2.24) is 0 Å². The molecule has 0 aliphatic rings. The summed E-state index contributed by atoms with van der Waals surface area (Å²) in [5, 5.41) is 9.13. The number of hydrogen-bond acceptors (Lipinski definition) is 2. The van der Waals surface area contributed by atoms with Gasteiger partial charge in [0.15, 0.2) is 5.66 Å². The molecule has 0 aromatic heterocycles. The van der Waals surface area contributed by atoms with Crippen LogP contribution in [0.25, 0.3) is 0 Å². The molecule has 0 radical (unpaired) electrons. The van der Waals surface area contributed by atoms with E-state index in [0.717, 1.165) is 0 Å². The minimum absolute atomic E-state index is 0.200. The molecule has 0 spiro atoms. The van der Waals surface area contributed by atoms with Crippen LogP contribution in [0.2, 0.25) is 0 Å². The zero-order chi connectivity index (χ0) is 13.6. The summed E-state index contributed by atoms with van der Waals surface area (Å²) in [5.74, 6) is 3.94. The van der Waals surface area contributed by atoms with Crippen molar-refractivity contribution in [2.45, 2.75) is 26.4 Å². The molecule has 1 N–H and O–H groups in total. The average molecular weight is 254 g/mol. The number of carboxylic acid groups (broad SMARTS) is 1. The molecule has 0 saturated heterocycles. The van der Waals surface area contributed by atoms with E-state index in [1.165, 1.54) is 0 Å². The second-order valence-electron chi connectivity index (χ2n) is 4.32. The molecular weight excluding hydrogens is 235 g/mol. The molecule has 0 heterocycles. The van der Waals surface area contributed by atoms with E-state index in [1.54, 1.807) is 20.8 Å². The number of rotatable bonds is 6. The van der Waals surface area contributed by atoms with Crippen molar-refractivity contribution < 1.29 is 14.5 Å². The molecule has 0 saturated carbocycles. The van der Waals surface area contributed by atoms with Gasteiger partial charge in [-0.3, -0.25) is 4.79 Å². The van der Waals surface area contributed by atoms with Gasteiger partial charge in [0.1, 0.15) is 7.14 Å². The lowest BCUT2D eigenvalue weighted by Crippen LogP contribution is -2.22. The lowest BCUT2D eigenvalue weighted by atomic mass is 10.4. The molecular formula is C13H19O3P. The quantitative estimate of drug-likeness (QED) is 0.450. The van der Waals surface area contributed by atoms with E-state index in [0.29, 0.717) is 11.1 Å². The summed E-state index contributed by atoms with van der Waals surface area (Å²) in [5.41, 5.74) is 0.290. The Morgan fingerprint density at radius 3 is 1.94 bits per heavy atom. The lowest BCUT2D eigenvalue weighted by Gasteiger charge is -2.21. The van der Waals surface area contributed by atoms with Crippen LogP contribution in [0.15, 0.2) is 24.3 Å². The number of allylic oxidation sites excluding steroid dienone is 2. The van der Waals surface area contributed by atoms with Gasteiger partial charge in [0, 0.05) is 12.3 Å². The minimum Gasteiger partial charge on any atom is -0.480 e. The number of carbonyl (C=O) groups is 1. The molecule has 0 aromatic rings. The second kappa shape index (κ2) is 6.47. The van der Waals surface area contributed by atoms with Crippen LogP contribution in [-0.2, 0) is 9.36 Å². The molecule has 0 rings (SSSR count). The summed E-state index contributed by atoms with van der Waals surface area (Å²) in [6.45, 7) is 12.4. The maximum atomic E-state index is 12.8. The van der Waals surface area contributed by atoms with Crippen LogP contribution in [0.4, 0.5) is 0 Å². The normalized spacial score (nSPS) is 12.2. The minimum atomic E-state index is -2.99. The molecule has 0 amide bonds. The van der Waals surface area contributed by atoms with Crippen molar-refractivity contribution in [2.75, 3.05) is 12.3 Å². The van der Waals surface area contributed by atoms with Gasteiger partial charge in [0.2, 0.25) is 0 Å². The van der Waals surface area contributed by atoms with Crippen molar-refractivity contribution in [3.63, 3.8) is 0 Å². The fourth-order valence-electron chi connectivity index (χ4n) is 1.67. The fourth-order valence-corrected chi connectivity index (χ4v) is 4.74. The van der Waals surface area contributed by atoms with Crippen molar-refractivity contribution in [2.24, 2.45) is 0 Å². The van der Waals surface area contributed by atoms with Crippen LogP contribution in [0.3, 0.4) is 0 Å². The van der Waals surface area contributed by atoms with Gasteiger partial charge in [-0.2, -0.15) is 0 Å². The first-order valence-electron chi connectivity index (χ1n) is 5.24. The van der Waals surface area contributed by atoms with Crippen molar-refractivity contribution in [3.05, 3.63) is 24.3 Å². The van der Waals surface area contributed by atoms with E-state index in [9.17, 15) is 9.36 Å². The number of aliphatic carboxylic acids is 1. The van der Waals surface area contributed by atoms with Crippen LogP contribution >= 0.6 is 7.14 Å². The molecule has 0 aliphatic carbocycles. The first-order valence-corrected chi connectivity index (χ1v) is 7.39. The predicted molar refractivity (Wildman–Crippen MR) is 71.8 cm³/mol. The molecule has 0 fully saturated rings. The van der Waals surface area contributed by atoms with E-state index >= 15 is 0 Å². The molecule has 1 unspecified atom stereocenters. The molecule has 3 nitrogen and oxygen atoms in total. The van der Waals surface area contributed by atoms with E-state index in [4.69, 9.17) is 5.11 Å². The standard InChI is InChI=1S/C13H19O3P/c1-6-7-12(13(14)15)17(16,8-10(2)3)9-11(4)5/h12H,2,4,8-9H2,1,3,5H3,(H,14,15). The van der Waals surface area contributed by atoms with E-state index in [-0.39, 0.29) is 12.3 Å². The zero-order valence-electron chi connectivity index (χ0n) is 10.6. The van der Waals surface area contributed by atoms with Gasteiger partial charge in [-0.25, -0.2) is 0 Å². The highest BCUT2D eigenvalue weighted by Gasteiger charge is 2.37. The van der Waals surface area contributed by atoms with E-state index in [2.05, 4.69) is 25.0 Å². The Morgan fingerprint density at radius 2 is 1.71 bits per heavy atom. The third-order valence-corrected chi connectivity index (χ3v) is 5.50. The SMILES string of the molecule is C=C(C)CP(=O)(CC(=C)C)C(C#CC)C(=O)O. The summed E-state index contributed by atoms with van der Waals surface area (Å²) in [6.07, 6.45) is 0.400. The van der Waals surface area contributed by atoms with Gasteiger partial charge >= 0.3 is 5.97 Å². The Kier molecular flexibility index (Phi) is 5.99. The topological polar surface area (TPSA) is 54.4 Å². The van der Waals surface area contributed by atoms with Gasteiger partial charge in [-0.1, -0.05) is 30.2 Å². The molecule has 0 bridgehead atoms. The van der Waals surface area contributed by atoms with Crippen LogP contribution in [0.5, 0.6) is 0 Å². The van der Waals surface area contributed by atoms with Crippen molar-refractivity contribution in [3.8, 4) is 11.8 Å². The lowest BCUT2D eigenvalue weighted by molar-refractivity contribution is -0.135. The second-order valence-corrected chi connectivity index (χ2v) is 7.37. The molecule has 0 aromatic carbocycles. The number of hydrogen-bond donors (Lipinski definition) is 1. The van der Waals surface area contributed by atoms with Crippen LogP contribution in [0, 0.1) is 11.8 Å². The summed E-state index contributed by atoms with van der Waals surface area (Å²) in [7, 11) is -2.99. The maximum absolute atomic E-state index is 12.8. The van der Waals surface area contributed by atoms with E-state index < -0.39 is 18.8 Å². The highest BCUT2D eigenvalue weighted by molar-refractivity contribution is 7.66. The smallest absolute Gasteiger partial charge is 0.326 e. The Bertz CT molecular complexity index is 417. The highest BCUT2D eigenvalue weighted by Crippen LogP contribution is 2.53. The third kappa shape index (κ3) is 5.06. The van der Waals surface area contributed by atoms with Gasteiger partial charge < -0.3 is 9.67 Å². The van der Waals surface area contributed by atoms with Crippen LogP contribution < -0.4 is 0 Å².